The lowest BCUT2D eigenvalue weighted by atomic mass is 9.87. The summed E-state index contributed by atoms with van der Waals surface area (Å²) in [6.07, 6.45) is 12.0. The number of anilines is 1. The summed E-state index contributed by atoms with van der Waals surface area (Å²) in [7, 11) is 0. The van der Waals surface area contributed by atoms with E-state index in [9.17, 15) is 9.59 Å². The van der Waals surface area contributed by atoms with Crippen LogP contribution in [0.4, 0.5) is 5.69 Å². The molecule has 0 aromatic heterocycles. The fourth-order valence-corrected chi connectivity index (χ4v) is 4.84. The first-order chi connectivity index (χ1) is 18.0. The van der Waals surface area contributed by atoms with Crippen LogP contribution in [-0.2, 0) is 27.2 Å². The number of benzene rings is 3. The standard InChI is InChI=1S/C18H17N.C10H9NO.C4H8O2/c19-14-8-5-13-7-9-16-15-4-2-1-3-12(15)6-10-17(16)18(13)11-14;12-10-7-3-5-8-4-1-2-6-9(8)11-10;1-3-6-4(2)5/h1-7,9,14H,8,10-11,19H2;1-6H,7H2,(H,11,12);3H2,1-2H3/t14-;;/m0../s1. The number of hydrogen-bond acceptors (Lipinski definition) is 4. The zero-order chi connectivity index (χ0) is 26.2. The van der Waals surface area contributed by atoms with Crippen molar-refractivity contribution in [3.8, 4) is 0 Å². The van der Waals surface area contributed by atoms with Gasteiger partial charge in [-0.25, -0.2) is 0 Å². The molecule has 1 aliphatic heterocycles. The average Bonchev–Trinajstić information content (AvgIpc) is 3.09. The molecule has 1 atom stereocenters. The molecule has 3 aliphatic rings. The average molecular weight is 495 g/mol. The van der Waals surface area contributed by atoms with Crippen molar-refractivity contribution in [3.05, 3.63) is 104 Å². The molecule has 3 aromatic carbocycles. The van der Waals surface area contributed by atoms with Crippen LogP contribution in [0.1, 0.15) is 43.4 Å². The van der Waals surface area contributed by atoms with Gasteiger partial charge >= 0.3 is 5.97 Å². The molecule has 0 radical (unpaired) electrons. The second-order valence-corrected chi connectivity index (χ2v) is 9.23. The molecule has 2 aliphatic carbocycles. The second kappa shape index (κ2) is 12.3. The van der Waals surface area contributed by atoms with Crippen LogP contribution < -0.4 is 21.5 Å². The van der Waals surface area contributed by atoms with E-state index in [-0.39, 0.29) is 17.9 Å². The van der Waals surface area contributed by atoms with Crippen LogP contribution in [0, 0.1) is 10.4 Å². The number of nitrogens with one attached hydrogen (secondary N) is 1. The number of esters is 1. The maximum absolute atomic E-state index is 11.1. The van der Waals surface area contributed by atoms with Crippen molar-refractivity contribution in [3.63, 3.8) is 0 Å². The number of carbonyl (C=O) groups excluding carboxylic acids is 2. The van der Waals surface area contributed by atoms with Crippen LogP contribution in [0.15, 0.2) is 66.7 Å². The highest BCUT2D eigenvalue weighted by Crippen LogP contribution is 2.19. The van der Waals surface area contributed by atoms with Gasteiger partial charge in [0.1, 0.15) is 0 Å². The van der Waals surface area contributed by atoms with Gasteiger partial charge in [-0.15, -0.1) is 0 Å². The topological polar surface area (TPSA) is 81.4 Å². The monoisotopic (exact) mass is 494 g/mol. The molecule has 0 saturated heterocycles. The molecule has 5 nitrogen and oxygen atoms in total. The van der Waals surface area contributed by atoms with Gasteiger partial charge < -0.3 is 15.8 Å². The van der Waals surface area contributed by atoms with Gasteiger partial charge in [0.25, 0.3) is 0 Å². The molecule has 37 heavy (non-hydrogen) atoms. The number of ether oxygens (including phenoxy) is 1. The Morgan fingerprint density at radius 3 is 2.51 bits per heavy atom. The molecule has 0 saturated carbocycles. The van der Waals surface area contributed by atoms with Crippen molar-refractivity contribution in [1.82, 2.24) is 0 Å². The molecule has 0 unspecified atom stereocenters. The third-order valence-corrected chi connectivity index (χ3v) is 6.53. The quantitative estimate of drug-likeness (QED) is 0.502. The first kappa shape index (κ1) is 26.1. The van der Waals surface area contributed by atoms with E-state index < -0.39 is 0 Å². The van der Waals surface area contributed by atoms with Gasteiger partial charge in [0, 0.05) is 25.1 Å². The van der Waals surface area contributed by atoms with Gasteiger partial charge in [-0.05, 0) is 69.8 Å². The summed E-state index contributed by atoms with van der Waals surface area (Å²) in [5, 5.41) is 8.35. The molecular weight excluding hydrogens is 460 g/mol. The smallest absolute Gasteiger partial charge is 0.302 e. The maximum atomic E-state index is 11.1. The third kappa shape index (κ3) is 6.63. The maximum Gasteiger partial charge on any atom is 0.302 e. The summed E-state index contributed by atoms with van der Waals surface area (Å²) in [5.41, 5.74) is 11.1. The molecule has 6 rings (SSSR count). The van der Waals surface area contributed by atoms with Gasteiger partial charge in [-0.3, -0.25) is 9.59 Å². The zero-order valence-electron chi connectivity index (χ0n) is 21.5. The van der Waals surface area contributed by atoms with Crippen LogP contribution in [0.5, 0.6) is 0 Å². The molecule has 1 amide bonds. The van der Waals surface area contributed by atoms with E-state index in [2.05, 4.69) is 58.6 Å². The minimum absolute atomic E-state index is 0.0520. The van der Waals surface area contributed by atoms with Gasteiger partial charge in [0.15, 0.2) is 0 Å². The Morgan fingerprint density at radius 2 is 1.73 bits per heavy atom. The van der Waals surface area contributed by atoms with E-state index in [1.807, 2.05) is 36.4 Å². The fourth-order valence-electron chi connectivity index (χ4n) is 4.84. The van der Waals surface area contributed by atoms with E-state index in [4.69, 9.17) is 5.73 Å². The molecular formula is C32H34N2O3. The van der Waals surface area contributed by atoms with Gasteiger partial charge in [0.05, 0.1) is 6.61 Å². The van der Waals surface area contributed by atoms with Crippen LogP contribution in [-0.4, -0.2) is 24.5 Å². The van der Waals surface area contributed by atoms with E-state index in [1.165, 1.54) is 38.9 Å². The highest BCUT2D eigenvalue weighted by Gasteiger charge is 2.15. The van der Waals surface area contributed by atoms with Crippen molar-refractivity contribution in [2.24, 2.45) is 5.73 Å². The second-order valence-electron chi connectivity index (χ2n) is 9.23. The number of para-hydroxylation sites is 1. The lowest BCUT2D eigenvalue weighted by Crippen LogP contribution is -2.31. The molecule has 3 N–H and O–H groups in total. The number of carbonyl (C=O) groups is 2. The van der Waals surface area contributed by atoms with Crippen LogP contribution >= 0.6 is 0 Å². The van der Waals surface area contributed by atoms with E-state index >= 15 is 0 Å². The number of fused-ring (bicyclic) bond motifs is 5. The predicted molar refractivity (Wildman–Crippen MR) is 150 cm³/mol. The molecule has 0 spiro atoms. The van der Waals surface area contributed by atoms with Gasteiger partial charge in [-0.2, -0.15) is 0 Å². The summed E-state index contributed by atoms with van der Waals surface area (Å²) >= 11 is 0. The van der Waals surface area contributed by atoms with Crippen molar-refractivity contribution in [1.29, 1.82) is 0 Å². The Balaban J connectivity index is 0.000000152. The van der Waals surface area contributed by atoms with E-state index in [1.54, 1.807) is 6.92 Å². The van der Waals surface area contributed by atoms with Crippen LogP contribution in [0.2, 0.25) is 0 Å². The van der Waals surface area contributed by atoms with Crippen LogP contribution in [0.3, 0.4) is 0 Å². The highest BCUT2D eigenvalue weighted by atomic mass is 16.5. The van der Waals surface area contributed by atoms with E-state index in [0.29, 0.717) is 13.0 Å². The lowest BCUT2D eigenvalue weighted by molar-refractivity contribution is -0.140. The summed E-state index contributed by atoms with van der Waals surface area (Å²) in [6.45, 7) is 3.65. The largest absolute Gasteiger partial charge is 0.466 e. The molecule has 0 fully saturated rings. The Kier molecular flexibility index (Phi) is 8.70. The Hall–Kier alpha value is -3.96. The van der Waals surface area contributed by atoms with Crippen LogP contribution in [0.25, 0.3) is 18.2 Å². The highest BCUT2D eigenvalue weighted by molar-refractivity contribution is 5.96. The van der Waals surface area contributed by atoms with Crippen molar-refractivity contribution < 1.29 is 14.3 Å². The summed E-state index contributed by atoms with van der Waals surface area (Å²) in [6, 6.07) is 21.3. The summed E-state index contributed by atoms with van der Waals surface area (Å²) < 4.78 is 4.40. The lowest BCUT2D eigenvalue weighted by Gasteiger charge is -2.20. The molecule has 0 bridgehead atoms. The molecule has 3 aromatic rings. The fraction of sp³-hybridized carbons (Fsp3) is 0.250. The van der Waals surface area contributed by atoms with Crippen molar-refractivity contribution in [2.45, 2.75) is 45.6 Å². The van der Waals surface area contributed by atoms with Gasteiger partial charge in [-0.1, -0.05) is 78.9 Å². The minimum Gasteiger partial charge on any atom is -0.466 e. The van der Waals surface area contributed by atoms with Crippen molar-refractivity contribution in [2.75, 3.05) is 11.9 Å². The summed E-state index contributed by atoms with van der Waals surface area (Å²) in [4.78, 5) is 20.9. The molecule has 5 heteroatoms. The SMILES string of the molecule is CCOC(C)=O.N[C@H]1CC=c2ccc3c(c2C1)CC=c1ccccc1=3.O=C1CC=Cc2ccccc2N1. The number of amides is 1. The zero-order valence-corrected chi connectivity index (χ0v) is 21.5. The number of rotatable bonds is 1. The summed E-state index contributed by atoms with van der Waals surface area (Å²) in [5.74, 6) is -0.159. The first-order valence-corrected chi connectivity index (χ1v) is 12.8. The Bertz CT molecular complexity index is 1540. The molecule has 1 heterocycles. The van der Waals surface area contributed by atoms with Crippen molar-refractivity contribution >= 4 is 35.8 Å². The normalized spacial score (nSPS) is 16.1. The Labute approximate surface area is 217 Å². The number of hydrogen-bond donors (Lipinski definition) is 2. The third-order valence-electron chi connectivity index (χ3n) is 6.53. The van der Waals surface area contributed by atoms with Gasteiger partial charge in [0.2, 0.25) is 5.91 Å². The Morgan fingerprint density at radius 1 is 0.946 bits per heavy atom. The predicted octanol–water partition coefficient (Wildman–Crippen LogP) is 3.98. The number of nitrogens with two attached hydrogens (primary N) is 1. The molecule has 190 valence electrons. The first-order valence-electron chi connectivity index (χ1n) is 12.8. The van der Waals surface area contributed by atoms with E-state index in [0.717, 1.165) is 30.5 Å². The minimum atomic E-state index is -0.211.